The summed E-state index contributed by atoms with van der Waals surface area (Å²) >= 11 is 0. The largest absolute Gasteiger partial charge is 0.347 e. The first-order valence-electron chi connectivity index (χ1n) is 15.4. The van der Waals surface area contributed by atoms with Gasteiger partial charge in [-0.05, 0) is 54.0 Å². The summed E-state index contributed by atoms with van der Waals surface area (Å²) < 4.78 is 32.3. The van der Waals surface area contributed by atoms with Gasteiger partial charge in [-0.15, -0.1) is 0 Å². The minimum atomic E-state index is -1.46. The maximum Gasteiger partial charge on any atom is 0.259 e. The van der Waals surface area contributed by atoms with Gasteiger partial charge in [0.1, 0.15) is 29.5 Å². The summed E-state index contributed by atoms with van der Waals surface area (Å²) in [7, 11) is -1.46. The van der Waals surface area contributed by atoms with Gasteiger partial charge in [-0.25, -0.2) is 14.6 Å². The number of hydrogen-bond donors (Lipinski definition) is 2. The average molecular weight is 600 g/mol. The molecule has 0 radical (unpaired) electrons. The van der Waals surface area contributed by atoms with Crippen molar-refractivity contribution in [3.63, 3.8) is 0 Å². The molecule has 0 aliphatic carbocycles. The van der Waals surface area contributed by atoms with E-state index in [0.717, 1.165) is 11.5 Å². The molecule has 42 heavy (non-hydrogen) atoms. The molecule has 12 heteroatoms. The number of imidazole rings is 1. The smallest absolute Gasteiger partial charge is 0.259 e. The van der Waals surface area contributed by atoms with Gasteiger partial charge in [0, 0.05) is 39.1 Å². The van der Waals surface area contributed by atoms with Gasteiger partial charge in [0.05, 0.1) is 38.4 Å². The fraction of sp³-hybridized carbons (Fsp3) is 0.633. The standard InChI is InChI=1S/C30H47N8O3P/c1-22(2)36-17-26(37-21-35-27-28(33-20-34-29(27)37)32-16-25-12-9-8-10-13-25)41-30(7,18-36)19-40-42(39-15-11-14-31)38(23(3)4)24(5)6/h8-10,12-13,20-24,26,28,32H,11,15-19H2,1-7H3,(H,33,34)/t26-,28?,30+,42?/m1/s1/i7D. The zero-order valence-corrected chi connectivity index (χ0v) is 26.6. The maximum absolute atomic E-state index is 9.08. The van der Waals surface area contributed by atoms with Crippen molar-refractivity contribution in [1.82, 2.24) is 24.4 Å². The highest BCUT2D eigenvalue weighted by molar-refractivity contribution is 7.44. The van der Waals surface area contributed by atoms with E-state index in [1.165, 1.54) is 5.56 Å². The van der Waals surface area contributed by atoms with Gasteiger partial charge in [-0.1, -0.05) is 30.3 Å². The molecule has 2 unspecified atom stereocenters. The third-order valence-electron chi connectivity index (χ3n) is 7.26. The van der Waals surface area contributed by atoms with Gasteiger partial charge < -0.3 is 19.1 Å². The van der Waals surface area contributed by atoms with Gasteiger partial charge >= 0.3 is 0 Å². The number of hydrogen-bond acceptors (Lipinski definition) is 10. The second-order valence-electron chi connectivity index (χ2n) is 11.7. The molecule has 2 N–H and O–H groups in total. The molecule has 2 aliphatic heterocycles. The van der Waals surface area contributed by atoms with Crippen LogP contribution in [0.3, 0.4) is 0 Å². The van der Waals surface area contributed by atoms with Crippen molar-refractivity contribution in [3.05, 3.63) is 47.9 Å². The van der Waals surface area contributed by atoms with Crippen LogP contribution in [0, 0.1) is 11.3 Å². The minimum absolute atomic E-state index is 0.0183. The Hall–Kier alpha value is -2.42. The Morgan fingerprint density at radius 1 is 1.24 bits per heavy atom. The summed E-state index contributed by atoms with van der Waals surface area (Å²) in [6.45, 7) is 15.1. The highest BCUT2D eigenvalue weighted by atomic mass is 31.2. The molecule has 4 rings (SSSR count). The van der Waals surface area contributed by atoms with Crippen molar-refractivity contribution < 1.29 is 15.2 Å². The molecule has 0 amide bonds. The van der Waals surface area contributed by atoms with Crippen LogP contribution < -0.4 is 10.6 Å². The van der Waals surface area contributed by atoms with E-state index in [1.54, 1.807) is 12.7 Å². The number of anilines is 1. The second-order valence-corrected chi connectivity index (χ2v) is 13.1. The van der Waals surface area contributed by atoms with E-state index < -0.39 is 20.4 Å². The first-order chi connectivity index (χ1) is 20.7. The van der Waals surface area contributed by atoms with Crippen LogP contribution in [0.25, 0.3) is 0 Å². The topological polar surface area (TPSA) is 112 Å². The molecule has 0 saturated carbocycles. The van der Waals surface area contributed by atoms with E-state index in [4.69, 9.17) is 25.4 Å². The summed E-state index contributed by atoms with van der Waals surface area (Å²) in [5, 5.41) is 15.9. The monoisotopic (exact) mass is 599 g/mol. The van der Waals surface area contributed by atoms with Gasteiger partial charge in [-0.2, -0.15) is 5.26 Å². The van der Waals surface area contributed by atoms with E-state index in [1.807, 2.05) is 22.8 Å². The molecule has 11 nitrogen and oxygen atoms in total. The lowest BCUT2D eigenvalue weighted by atomic mass is 10.0. The minimum Gasteiger partial charge on any atom is -0.347 e. The van der Waals surface area contributed by atoms with Crippen LogP contribution in [0.5, 0.6) is 0 Å². The van der Waals surface area contributed by atoms with Crippen LogP contribution in [-0.2, 0) is 20.3 Å². The molecule has 1 saturated heterocycles. The lowest BCUT2D eigenvalue weighted by molar-refractivity contribution is -0.192. The van der Waals surface area contributed by atoms with Gasteiger partial charge in [0.2, 0.25) is 0 Å². The summed E-state index contributed by atoms with van der Waals surface area (Å²) in [5.41, 5.74) is 1.08. The number of nitriles is 1. The number of nitrogens with zero attached hydrogens (tertiary/aromatic N) is 6. The first-order valence-corrected chi connectivity index (χ1v) is 15.9. The Kier molecular flexibility index (Phi) is 11.0. The Balaban J connectivity index is 1.55. The van der Waals surface area contributed by atoms with E-state index in [-0.39, 0.29) is 37.8 Å². The molecule has 1 aromatic carbocycles. The molecular formula is C30H47N8O3P. The predicted molar refractivity (Wildman–Crippen MR) is 167 cm³/mol. The SMILES string of the molecule is [2H]C[C@@]1(COP(OCCC#N)N(C(C)C)C(C)C)CN(C(C)C)C[C@H](n2cnc3c2NC=NC3NCc2ccccc2)O1. The third kappa shape index (κ3) is 8.14. The Morgan fingerprint density at radius 2 is 2.00 bits per heavy atom. The number of morpholine rings is 1. The van der Waals surface area contributed by atoms with Gasteiger partial charge in [-0.3, -0.25) is 14.8 Å². The molecule has 2 aliphatic rings. The molecule has 4 atom stereocenters. The molecule has 1 aromatic heterocycles. The van der Waals surface area contributed by atoms with E-state index in [9.17, 15) is 0 Å². The Morgan fingerprint density at radius 3 is 2.67 bits per heavy atom. The van der Waals surface area contributed by atoms with Crippen LogP contribution in [0.4, 0.5) is 5.82 Å². The van der Waals surface area contributed by atoms with Crippen LogP contribution in [-0.4, -0.2) is 75.5 Å². The van der Waals surface area contributed by atoms with Crippen molar-refractivity contribution in [2.75, 3.05) is 31.6 Å². The molecule has 0 bridgehead atoms. The van der Waals surface area contributed by atoms with Crippen molar-refractivity contribution in [1.29, 1.82) is 5.26 Å². The van der Waals surface area contributed by atoms with E-state index in [0.29, 0.717) is 32.7 Å². The quantitative estimate of drug-likeness (QED) is 0.217. The molecule has 1 fully saturated rings. The number of ether oxygens (including phenoxy) is 1. The number of aromatic nitrogens is 2. The highest BCUT2D eigenvalue weighted by Crippen LogP contribution is 2.47. The van der Waals surface area contributed by atoms with Crippen molar-refractivity contribution in [2.24, 2.45) is 4.99 Å². The number of rotatable bonds is 14. The number of benzene rings is 1. The van der Waals surface area contributed by atoms with Crippen LogP contribution in [0.15, 0.2) is 41.7 Å². The second kappa shape index (κ2) is 14.8. The lowest BCUT2D eigenvalue weighted by Gasteiger charge is -2.47. The molecule has 0 spiro atoms. The van der Waals surface area contributed by atoms with E-state index >= 15 is 0 Å². The zero-order valence-electron chi connectivity index (χ0n) is 26.7. The Labute approximate surface area is 253 Å². The van der Waals surface area contributed by atoms with Crippen molar-refractivity contribution in [2.45, 2.75) is 97.5 Å². The predicted octanol–water partition coefficient (Wildman–Crippen LogP) is 5.42. The van der Waals surface area contributed by atoms with E-state index in [2.05, 4.69) is 84.9 Å². The molecule has 2 aromatic rings. The average Bonchev–Trinajstić information content (AvgIpc) is 3.44. The lowest BCUT2D eigenvalue weighted by Crippen LogP contribution is -2.56. The molecule has 3 heterocycles. The maximum atomic E-state index is 9.08. The van der Waals surface area contributed by atoms with Gasteiger partial charge in [0.15, 0.2) is 0 Å². The summed E-state index contributed by atoms with van der Waals surface area (Å²) in [4.78, 5) is 11.7. The highest BCUT2D eigenvalue weighted by Gasteiger charge is 2.42. The molecular weight excluding hydrogens is 551 g/mol. The molecule has 230 valence electrons. The normalized spacial score (nSPS) is 23.7. The van der Waals surface area contributed by atoms with Crippen LogP contribution in [0.2, 0.25) is 0 Å². The number of fused-ring (bicyclic) bond motifs is 1. The van der Waals surface area contributed by atoms with Crippen LogP contribution >= 0.6 is 8.53 Å². The summed E-state index contributed by atoms with van der Waals surface area (Å²) in [5.74, 6) is 0.823. The van der Waals surface area contributed by atoms with Crippen molar-refractivity contribution >= 4 is 20.7 Å². The number of nitrogens with one attached hydrogen (secondary N) is 2. The van der Waals surface area contributed by atoms with Crippen LogP contribution in [0.1, 0.15) is 79.9 Å². The Bertz CT molecular complexity index is 1220. The fourth-order valence-electron chi connectivity index (χ4n) is 5.25. The number of aliphatic imine (C=N–C) groups is 1. The van der Waals surface area contributed by atoms with Gasteiger partial charge in [0.25, 0.3) is 8.53 Å². The van der Waals surface area contributed by atoms with Crippen molar-refractivity contribution in [3.8, 4) is 6.07 Å². The fourth-order valence-corrected chi connectivity index (χ4v) is 6.94. The summed E-state index contributed by atoms with van der Waals surface area (Å²) in [6, 6.07) is 13.0. The third-order valence-corrected chi connectivity index (χ3v) is 9.31. The summed E-state index contributed by atoms with van der Waals surface area (Å²) in [6.07, 6.45) is 3.10. The zero-order chi connectivity index (χ0) is 31.0. The first kappa shape index (κ1) is 31.0.